The second-order valence-electron chi connectivity index (χ2n) is 4.35. The van der Waals surface area contributed by atoms with Gasteiger partial charge in [-0.2, -0.15) is 5.10 Å². The monoisotopic (exact) mass is 279 g/mol. The van der Waals surface area contributed by atoms with Crippen molar-refractivity contribution in [2.24, 2.45) is 0 Å². The summed E-state index contributed by atoms with van der Waals surface area (Å²) in [5.74, 6) is -1.54. The number of rotatable bonds is 6. The molecule has 2 aromatic rings. The average molecular weight is 279 g/mol. The fourth-order valence-corrected chi connectivity index (χ4v) is 1.81. The molecule has 4 nitrogen and oxygen atoms in total. The van der Waals surface area contributed by atoms with Gasteiger partial charge in [-0.25, -0.2) is 8.78 Å². The van der Waals surface area contributed by atoms with Crippen molar-refractivity contribution in [3.05, 3.63) is 53.9 Å². The number of carbonyl (C=O) groups is 1. The Morgan fingerprint density at radius 1 is 1.25 bits per heavy atom. The molecule has 0 aliphatic carbocycles. The van der Waals surface area contributed by atoms with Gasteiger partial charge in [-0.05, 0) is 24.6 Å². The molecule has 0 spiro atoms. The van der Waals surface area contributed by atoms with Crippen molar-refractivity contribution in [3.8, 4) is 0 Å². The highest BCUT2D eigenvalue weighted by Crippen LogP contribution is 2.11. The number of benzene rings is 1. The molecule has 0 aliphatic heterocycles. The smallest absolute Gasteiger partial charge is 0.220 e. The van der Waals surface area contributed by atoms with Gasteiger partial charge in [0.25, 0.3) is 0 Å². The number of hydrogen-bond donors (Lipinski definition) is 1. The highest BCUT2D eigenvalue weighted by molar-refractivity contribution is 5.75. The van der Waals surface area contributed by atoms with Crippen LogP contribution in [0, 0.1) is 11.6 Å². The molecule has 1 N–H and O–H groups in total. The fourth-order valence-electron chi connectivity index (χ4n) is 1.81. The molecule has 6 heteroatoms. The molecule has 0 fully saturated rings. The first-order valence-corrected chi connectivity index (χ1v) is 6.34. The van der Waals surface area contributed by atoms with E-state index in [-0.39, 0.29) is 24.4 Å². The Morgan fingerprint density at radius 2 is 2.00 bits per heavy atom. The van der Waals surface area contributed by atoms with E-state index in [0.717, 1.165) is 0 Å². The van der Waals surface area contributed by atoms with Gasteiger partial charge < -0.3 is 5.32 Å². The zero-order valence-electron chi connectivity index (χ0n) is 10.9. The van der Waals surface area contributed by atoms with Gasteiger partial charge in [-0.15, -0.1) is 0 Å². The lowest BCUT2D eigenvalue weighted by molar-refractivity contribution is -0.121. The van der Waals surface area contributed by atoms with Crippen LogP contribution in [0.2, 0.25) is 0 Å². The molecule has 1 heterocycles. The van der Waals surface area contributed by atoms with Gasteiger partial charge in [-0.1, -0.05) is 6.07 Å². The van der Waals surface area contributed by atoms with Crippen molar-refractivity contribution in [2.75, 3.05) is 0 Å². The minimum Gasteiger partial charge on any atom is -0.352 e. The van der Waals surface area contributed by atoms with Crippen LogP contribution in [0.5, 0.6) is 0 Å². The van der Waals surface area contributed by atoms with Crippen molar-refractivity contribution in [1.29, 1.82) is 0 Å². The maximum Gasteiger partial charge on any atom is 0.220 e. The first-order valence-electron chi connectivity index (χ1n) is 6.34. The summed E-state index contributed by atoms with van der Waals surface area (Å²) in [4.78, 5) is 11.6. The van der Waals surface area contributed by atoms with Gasteiger partial charge in [0, 0.05) is 37.5 Å². The highest BCUT2D eigenvalue weighted by Gasteiger charge is 2.09. The zero-order valence-corrected chi connectivity index (χ0v) is 10.9. The molecule has 0 atom stereocenters. The van der Waals surface area contributed by atoms with Crippen LogP contribution in [0.3, 0.4) is 0 Å². The first-order chi connectivity index (χ1) is 9.66. The molecule has 0 saturated carbocycles. The van der Waals surface area contributed by atoms with Gasteiger partial charge in [0.15, 0.2) is 0 Å². The number of aryl methyl sites for hydroxylation is 1. The highest BCUT2D eigenvalue weighted by atomic mass is 19.1. The van der Waals surface area contributed by atoms with Gasteiger partial charge >= 0.3 is 0 Å². The van der Waals surface area contributed by atoms with Gasteiger partial charge in [-0.3, -0.25) is 9.48 Å². The molecule has 2 rings (SSSR count). The Balaban J connectivity index is 1.75. The molecule has 0 unspecified atom stereocenters. The summed E-state index contributed by atoms with van der Waals surface area (Å²) in [5.41, 5.74) is -0.118. The molecule has 0 saturated heterocycles. The second kappa shape index (κ2) is 6.79. The van der Waals surface area contributed by atoms with Crippen LogP contribution in [-0.2, 0) is 17.9 Å². The zero-order chi connectivity index (χ0) is 14.4. The molecular weight excluding hydrogens is 264 g/mol. The lowest BCUT2D eigenvalue weighted by atomic mass is 10.2. The number of aromatic nitrogens is 2. The van der Waals surface area contributed by atoms with Crippen LogP contribution in [0.15, 0.2) is 36.7 Å². The number of hydrogen-bond acceptors (Lipinski definition) is 2. The molecule has 20 heavy (non-hydrogen) atoms. The van der Waals surface area contributed by atoms with Crippen LogP contribution >= 0.6 is 0 Å². The summed E-state index contributed by atoms with van der Waals surface area (Å²) in [6.07, 6.45) is 4.39. The minimum atomic E-state index is -0.651. The minimum absolute atomic E-state index is 0.118. The summed E-state index contributed by atoms with van der Waals surface area (Å²) >= 11 is 0. The van der Waals surface area contributed by atoms with E-state index < -0.39 is 11.6 Å². The maximum absolute atomic E-state index is 13.3. The van der Waals surface area contributed by atoms with Crippen molar-refractivity contribution in [3.63, 3.8) is 0 Å². The molecule has 1 aromatic carbocycles. The van der Waals surface area contributed by atoms with Crippen LogP contribution in [0.4, 0.5) is 8.78 Å². The third kappa shape index (κ3) is 3.88. The molecule has 0 radical (unpaired) electrons. The van der Waals surface area contributed by atoms with Crippen molar-refractivity contribution in [1.82, 2.24) is 15.1 Å². The first kappa shape index (κ1) is 14.2. The normalized spacial score (nSPS) is 10.5. The molecule has 0 bridgehead atoms. The topological polar surface area (TPSA) is 46.9 Å². The van der Waals surface area contributed by atoms with Crippen LogP contribution in [-0.4, -0.2) is 15.7 Å². The summed E-state index contributed by atoms with van der Waals surface area (Å²) in [6.45, 7) is 0.494. The summed E-state index contributed by atoms with van der Waals surface area (Å²) in [5, 5.41) is 6.53. The summed E-state index contributed by atoms with van der Waals surface area (Å²) in [7, 11) is 0. The van der Waals surface area contributed by atoms with E-state index in [2.05, 4.69) is 10.4 Å². The summed E-state index contributed by atoms with van der Waals surface area (Å²) in [6, 6.07) is 5.44. The number of halogens is 2. The second-order valence-corrected chi connectivity index (χ2v) is 4.35. The Morgan fingerprint density at radius 3 is 2.65 bits per heavy atom. The third-order valence-corrected chi connectivity index (χ3v) is 2.87. The average Bonchev–Trinajstić information content (AvgIpc) is 2.91. The Hall–Kier alpha value is -2.24. The van der Waals surface area contributed by atoms with Gasteiger partial charge in [0.05, 0.1) is 0 Å². The van der Waals surface area contributed by atoms with Gasteiger partial charge in [0.1, 0.15) is 11.6 Å². The predicted octanol–water partition coefficient (Wildman–Crippen LogP) is 2.26. The molecular formula is C14H15F2N3O. The quantitative estimate of drug-likeness (QED) is 0.881. The molecule has 106 valence electrons. The van der Waals surface area contributed by atoms with E-state index >= 15 is 0 Å². The Bertz CT molecular complexity index is 550. The van der Waals surface area contributed by atoms with Crippen LogP contribution < -0.4 is 5.32 Å². The molecule has 1 amide bonds. The fraction of sp³-hybridized carbons (Fsp3) is 0.286. The number of nitrogens with zero attached hydrogens (tertiary/aromatic N) is 2. The van der Waals surface area contributed by atoms with E-state index in [1.165, 1.54) is 18.2 Å². The maximum atomic E-state index is 13.3. The predicted molar refractivity (Wildman–Crippen MR) is 69.7 cm³/mol. The van der Waals surface area contributed by atoms with E-state index in [0.29, 0.717) is 13.0 Å². The standard InChI is InChI=1S/C14H15F2N3O/c15-12-4-1-5-13(16)11(12)10-17-14(20)6-2-8-19-9-3-7-18-19/h1,3-5,7,9H,2,6,8,10H2,(H,17,20). The van der Waals surface area contributed by atoms with Crippen LogP contribution in [0.1, 0.15) is 18.4 Å². The van der Waals surface area contributed by atoms with Crippen LogP contribution in [0.25, 0.3) is 0 Å². The van der Waals surface area contributed by atoms with E-state index in [1.54, 1.807) is 16.9 Å². The lowest BCUT2D eigenvalue weighted by Crippen LogP contribution is -2.24. The summed E-state index contributed by atoms with van der Waals surface area (Å²) < 4.78 is 28.4. The van der Waals surface area contributed by atoms with Crippen molar-refractivity contribution < 1.29 is 13.6 Å². The molecule has 0 aliphatic rings. The van der Waals surface area contributed by atoms with E-state index in [4.69, 9.17) is 0 Å². The number of amides is 1. The van der Waals surface area contributed by atoms with Crippen molar-refractivity contribution >= 4 is 5.91 Å². The lowest BCUT2D eigenvalue weighted by Gasteiger charge is -2.07. The molecule has 1 aromatic heterocycles. The van der Waals surface area contributed by atoms with Gasteiger partial charge in [0.2, 0.25) is 5.91 Å². The van der Waals surface area contributed by atoms with Crippen molar-refractivity contribution in [2.45, 2.75) is 25.9 Å². The SMILES string of the molecule is O=C(CCCn1cccn1)NCc1c(F)cccc1F. The number of carbonyl (C=O) groups excluding carboxylic acids is 1. The largest absolute Gasteiger partial charge is 0.352 e. The Labute approximate surface area is 115 Å². The van der Waals surface area contributed by atoms with E-state index in [1.807, 2.05) is 6.20 Å². The van der Waals surface area contributed by atoms with E-state index in [9.17, 15) is 13.6 Å². The number of nitrogens with one attached hydrogen (secondary N) is 1. The third-order valence-electron chi connectivity index (χ3n) is 2.87. The Kier molecular flexibility index (Phi) is 4.81.